The molecule has 0 aliphatic rings. The molecule has 0 bridgehead atoms. The molecule has 0 saturated carbocycles. The number of rotatable bonds is 5. The van der Waals surface area contributed by atoms with Crippen LogP contribution in [0, 0.1) is 5.82 Å². The second kappa shape index (κ2) is 7.74. The second-order valence-corrected chi connectivity index (χ2v) is 6.91. The van der Waals surface area contributed by atoms with Crippen LogP contribution >= 0.6 is 11.8 Å². The van der Waals surface area contributed by atoms with Gasteiger partial charge in [0.1, 0.15) is 11.5 Å². The number of carbonyl (C=O) groups is 1. The van der Waals surface area contributed by atoms with Crippen LogP contribution in [-0.2, 0) is 0 Å². The summed E-state index contributed by atoms with van der Waals surface area (Å²) >= 11 is 1.43. The fraction of sp³-hybridized carbons (Fsp3) is 0.200. The van der Waals surface area contributed by atoms with Gasteiger partial charge in [0.15, 0.2) is 5.16 Å². The summed E-state index contributed by atoms with van der Waals surface area (Å²) in [5.74, 6) is -0.290. The van der Waals surface area contributed by atoms with E-state index in [0.717, 1.165) is 11.3 Å². The van der Waals surface area contributed by atoms with Gasteiger partial charge < -0.3 is 5.32 Å². The predicted molar refractivity (Wildman–Crippen MR) is 104 cm³/mol. The number of aromatic nitrogens is 2. The lowest BCUT2D eigenvalue weighted by Gasteiger charge is -2.15. The molecule has 2 aromatic carbocycles. The number of carbonyl (C=O) groups excluding carboxylic acids is 1. The van der Waals surface area contributed by atoms with Crippen molar-refractivity contribution in [3.8, 4) is 5.69 Å². The van der Waals surface area contributed by atoms with Crippen LogP contribution in [0.2, 0.25) is 0 Å². The van der Waals surface area contributed by atoms with Crippen molar-refractivity contribution in [2.45, 2.75) is 24.9 Å². The number of para-hydroxylation sites is 1. The zero-order valence-corrected chi connectivity index (χ0v) is 15.7. The van der Waals surface area contributed by atoms with Gasteiger partial charge in [-0.3, -0.25) is 9.36 Å². The summed E-state index contributed by atoms with van der Waals surface area (Å²) in [5.41, 5.74) is 2.94. The Labute approximate surface area is 156 Å². The Morgan fingerprint density at radius 2 is 1.85 bits per heavy atom. The van der Waals surface area contributed by atoms with Gasteiger partial charge in [-0.1, -0.05) is 43.8 Å². The molecule has 0 unspecified atom stereocenters. The standard InChI is InChI=1S/C20H20FN3OS/c1-13(2)16-6-4-5-7-17(16)23-19(25)18-12-22-20(26-3)24(18)15-10-8-14(21)9-11-15/h4-13H,1-3H3,(H,23,25). The van der Waals surface area contributed by atoms with Crippen molar-refractivity contribution in [2.75, 3.05) is 11.6 Å². The first kappa shape index (κ1) is 18.2. The average Bonchev–Trinajstić information content (AvgIpc) is 3.07. The normalized spacial score (nSPS) is 11.0. The van der Waals surface area contributed by atoms with E-state index >= 15 is 0 Å². The first-order valence-corrected chi connectivity index (χ1v) is 9.51. The van der Waals surface area contributed by atoms with Crippen LogP contribution in [0.1, 0.15) is 35.8 Å². The molecule has 6 heteroatoms. The van der Waals surface area contributed by atoms with Crippen molar-refractivity contribution in [3.63, 3.8) is 0 Å². The largest absolute Gasteiger partial charge is 0.320 e. The van der Waals surface area contributed by atoms with E-state index in [1.165, 1.54) is 23.9 Å². The third kappa shape index (κ3) is 3.65. The van der Waals surface area contributed by atoms with E-state index in [0.29, 0.717) is 16.5 Å². The number of amides is 1. The maximum atomic E-state index is 13.3. The molecule has 4 nitrogen and oxygen atoms in total. The summed E-state index contributed by atoms with van der Waals surface area (Å²) in [6, 6.07) is 13.8. The van der Waals surface area contributed by atoms with E-state index in [4.69, 9.17) is 0 Å². The second-order valence-electron chi connectivity index (χ2n) is 6.14. The molecule has 0 aliphatic carbocycles. The van der Waals surface area contributed by atoms with Gasteiger partial charge in [-0.25, -0.2) is 9.37 Å². The quantitative estimate of drug-likeness (QED) is 0.636. The number of hydrogen-bond donors (Lipinski definition) is 1. The molecule has 1 amide bonds. The summed E-state index contributed by atoms with van der Waals surface area (Å²) in [6.45, 7) is 4.17. The van der Waals surface area contributed by atoms with Crippen molar-refractivity contribution in [2.24, 2.45) is 0 Å². The van der Waals surface area contributed by atoms with Crippen LogP contribution in [0.3, 0.4) is 0 Å². The number of anilines is 1. The molecule has 134 valence electrons. The van der Waals surface area contributed by atoms with E-state index in [-0.39, 0.29) is 17.6 Å². The minimum absolute atomic E-state index is 0.254. The molecule has 3 rings (SSSR count). The predicted octanol–water partition coefficient (Wildman–Crippen LogP) is 5.11. The molecule has 1 heterocycles. The van der Waals surface area contributed by atoms with Crippen LogP contribution in [0.4, 0.5) is 10.1 Å². The number of hydrogen-bond acceptors (Lipinski definition) is 3. The molecule has 0 radical (unpaired) electrons. The Morgan fingerprint density at radius 3 is 2.50 bits per heavy atom. The van der Waals surface area contributed by atoms with Crippen LogP contribution < -0.4 is 5.32 Å². The molecule has 3 aromatic rings. The minimum atomic E-state index is -0.323. The fourth-order valence-electron chi connectivity index (χ4n) is 2.78. The molecule has 1 aromatic heterocycles. The highest BCUT2D eigenvalue weighted by molar-refractivity contribution is 7.98. The Bertz CT molecular complexity index is 919. The van der Waals surface area contributed by atoms with Gasteiger partial charge in [0, 0.05) is 11.4 Å². The number of imidazole rings is 1. The lowest BCUT2D eigenvalue weighted by Crippen LogP contribution is -2.17. The van der Waals surface area contributed by atoms with Crippen molar-refractivity contribution in [1.82, 2.24) is 9.55 Å². The Balaban J connectivity index is 1.99. The molecule has 0 atom stereocenters. The monoisotopic (exact) mass is 369 g/mol. The van der Waals surface area contributed by atoms with Gasteiger partial charge in [-0.15, -0.1) is 0 Å². The van der Waals surface area contributed by atoms with Gasteiger partial charge in [0.25, 0.3) is 5.91 Å². The van der Waals surface area contributed by atoms with Crippen molar-refractivity contribution in [1.29, 1.82) is 0 Å². The first-order valence-electron chi connectivity index (χ1n) is 8.29. The van der Waals surface area contributed by atoms with E-state index in [9.17, 15) is 9.18 Å². The van der Waals surface area contributed by atoms with Crippen molar-refractivity contribution < 1.29 is 9.18 Å². The lowest BCUT2D eigenvalue weighted by atomic mass is 10.0. The Hall–Kier alpha value is -2.60. The summed E-state index contributed by atoms with van der Waals surface area (Å²) in [7, 11) is 0. The van der Waals surface area contributed by atoms with Gasteiger partial charge >= 0.3 is 0 Å². The Morgan fingerprint density at radius 1 is 1.15 bits per heavy atom. The van der Waals surface area contributed by atoms with E-state index in [2.05, 4.69) is 24.1 Å². The van der Waals surface area contributed by atoms with Gasteiger partial charge in [0.2, 0.25) is 0 Å². The number of benzene rings is 2. The Kier molecular flexibility index (Phi) is 5.42. The molecule has 0 aliphatic heterocycles. The van der Waals surface area contributed by atoms with Crippen LogP contribution in [-0.4, -0.2) is 21.7 Å². The molecular formula is C20H20FN3OS. The van der Waals surface area contributed by atoms with Crippen molar-refractivity contribution >= 4 is 23.4 Å². The molecule has 1 N–H and O–H groups in total. The number of nitrogens with one attached hydrogen (secondary N) is 1. The third-order valence-corrected chi connectivity index (χ3v) is 4.71. The zero-order chi connectivity index (χ0) is 18.7. The SMILES string of the molecule is CSc1ncc(C(=O)Nc2ccccc2C(C)C)n1-c1ccc(F)cc1. The summed E-state index contributed by atoms with van der Waals surface area (Å²) < 4.78 is 15.0. The van der Waals surface area contributed by atoms with E-state index in [1.54, 1.807) is 22.9 Å². The first-order chi connectivity index (χ1) is 12.5. The van der Waals surface area contributed by atoms with Crippen LogP contribution in [0.5, 0.6) is 0 Å². The van der Waals surface area contributed by atoms with Crippen molar-refractivity contribution in [3.05, 3.63) is 71.8 Å². The molecule has 26 heavy (non-hydrogen) atoms. The van der Waals surface area contributed by atoms with E-state index < -0.39 is 0 Å². The van der Waals surface area contributed by atoms with Gasteiger partial charge in [-0.2, -0.15) is 0 Å². The number of thioether (sulfide) groups is 1. The smallest absolute Gasteiger partial charge is 0.274 e. The highest BCUT2D eigenvalue weighted by Gasteiger charge is 2.19. The average molecular weight is 369 g/mol. The van der Waals surface area contributed by atoms with Gasteiger partial charge in [0.05, 0.1) is 6.20 Å². The lowest BCUT2D eigenvalue weighted by molar-refractivity contribution is 0.102. The molecule has 0 fully saturated rings. The third-order valence-electron chi connectivity index (χ3n) is 4.06. The maximum Gasteiger partial charge on any atom is 0.274 e. The fourth-order valence-corrected chi connectivity index (χ4v) is 3.32. The molecule has 0 spiro atoms. The summed E-state index contributed by atoms with van der Waals surface area (Å²) in [6.07, 6.45) is 3.43. The van der Waals surface area contributed by atoms with E-state index in [1.807, 2.05) is 30.5 Å². The highest BCUT2D eigenvalue weighted by Crippen LogP contribution is 2.26. The zero-order valence-electron chi connectivity index (χ0n) is 14.9. The molecule has 0 saturated heterocycles. The molecular weight excluding hydrogens is 349 g/mol. The van der Waals surface area contributed by atoms with Crippen LogP contribution in [0.15, 0.2) is 59.9 Å². The summed E-state index contributed by atoms with van der Waals surface area (Å²) in [5, 5.41) is 3.65. The topological polar surface area (TPSA) is 46.9 Å². The maximum absolute atomic E-state index is 13.3. The number of nitrogens with zero attached hydrogens (tertiary/aromatic N) is 2. The van der Waals surface area contributed by atoms with Crippen LogP contribution in [0.25, 0.3) is 5.69 Å². The van der Waals surface area contributed by atoms with Gasteiger partial charge in [-0.05, 0) is 48.1 Å². The minimum Gasteiger partial charge on any atom is -0.320 e. The summed E-state index contributed by atoms with van der Waals surface area (Å²) in [4.78, 5) is 17.2. The highest BCUT2D eigenvalue weighted by atomic mass is 32.2. The number of halogens is 1.